The summed E-state index contributed by atoms with van der Waals surface area (Å²) >= 11 is 1.72. The molecule has 1 unspecified atom stereocenters. The van der Waals surface area contributed by atoms with Crippen molar-refractivity contribution in [2.24, 2.45) is 0 Å². The van der Waals surface area contributed by atoms with Crippen LogP contribution < -0.4 is 14.8 Å². The fraction of sp³-hybridized carbons (Fsp3) is 0.538. The second-order valence-corrected chi connectivity index (χ2v) is 9.92. The van der Waals surface area contributed by atoms with Gasteiger partial charge in [0.15, 0.2) is 11.5 Å². The normalized spacial score (nSPS) is 17.7. The largest absolute Gasteiger partial charge is 0.493 e. The van der Waals surface area contributed by atoms with Crippen LogP contribution in [0.1, 0.15) is 36.2 Å². The molecular weight excluding hydrogens is 464 g/mol. The predicted octanol–water partition coefficient (Wildman–Crippen LogP) is 3.39. The van der Waals surface area contributed by atoms with Crippen LogP contribution in [0.2, 0.25) is 0 Å². The van der Waals surface area contributed by atoms with Crippen LogP contribution >= 0.6 is 11.3 Å². The van der Waals surface area contributed by atoms with Crippen molar-refractivity contribution in [1.29, 1.82) is 0 Å². The summed E-state index contributed by atoms with van der Waals surface area (Å²) in [6, 6.07) is 9.23. The van der Waals surface area contributed by atoms with Gasteiger partial charge in [-0.1, -0.05) is 12.1 Å². The molecule has 2 aliphatic heterocycles. The van der Waals surface area contributed by atoms with Crippen molar-refractivity contribution in [2.75, 3.05) is 59.5 Å². The van der Waals surface area contributed by atoms with Crippen molar-refractivity contribution in [2.45, 2.75) is 32.2 Å². The summed E-state index contributed by atoms with van der Waals surface area (Å²) in [6.45, 7) is 6.88. The third-order valence-corrected chi connectivity index (χ3v) is 7.70. The summed E-state index contributed by atoms with van der Waals surface area (Å²) in [5.74, 6) is 1.26. The molecule has 0 spiro atoms. The van der Waals surface area contributed by atoms with Crippen molar-refractivity contribution in [3.63, 3.8) is 0 Å². The Kier molecular flexibility index (Phi) is 8.87. The number of hydrogen-bond donors (Lipinski definition) is 1. The van der Waals surface area contributed by atoms with E-state index in [1.165, 1.54) is 17.7 Å². The van der Waals surface area contributed by atoms with Crippen LogP contribution in [0.3, 0.4) is 0 Å². The van der Waals surface area contributed by atoms with E-state index in [4.69, 9.17) is 9.47 Å². The van der Waals surface area contributed by atoms with E-state index >= 15 is 0 Å². The lowest BCUT2D eigenvalue weighted by Gasteiger charge is -2.37. The Morgan fingerprint density at radius 3 is 2.66 bits per heavy atom. The van der Waals surface area contributed by atoms with Gasteiger partial charge in [-0.15, -0.1) is 11.3 Å². The van der Waals surface area contributed by atoms with E-state index in [1.807, 2.05) is 36.1 Å². The van der Waals surface area contributed by atoms with Crippen LogP contribution in [-0.4, -0.2) is 86.2 Å². The van der Waals surface area contributed by atoms with Gasteiger partial charge in [0.25, 0.3) is 0 Å². The van der Waals surface area contributed by atoms with E-state index in [0.29, 0.717) is 37.7 Å². The maximum absolute atomic E-state index is 13.6. The lowest BCUT2D eigenvalue weighted by atomic mass is 10.0. The van der Waals surface area contributed by atoms with Crippen molar-refractivity contribution < 1.29 is 19.1 Å². The molecule has 0 radical (unpaired) electrons. The summed E-state index contributed by atoms with van der Waals surface area (Å²) in [4.78, 5) is 33.6. The number of rotatable bonds is 10. The number of carbonyl (C=O) groups is 2. The average Bonchev–Trinajstić information content (AvgIpc) is 3.57. The molecule has 0 aliphatic carbocycles. The molecule has 3 amide bonds. The Morgan fingerprint density at radius 2 is 1.91 bits per heavy atom. The number of urea groups is 1. The fourth-order valence-corrected chi connectivity index (χ4v) is 5.75. The number of hydrogen-bond acceptors (Lipinski definition) is 6. The number of benzene rings is 1. The Bertz CT molecular complexity index is 991. The molecular formula is C26H36N4O4S. The van der Waals surface area contributed by atoms with E-state index in [1.54, 1.807) is 23.3 Å². The second kappa shape index (κ2) is 12.3. The van der Waals surface area contributed by atoms with E-state index in [-0.39, 0.29) is 24.5 Å². The molecule has 9 heteroatoms. The highest BCUT2D eigenvalue weighted by atomic mass is 32.1. The van der Waals surface area contributed by atoms with Gasteiger partial charge < -0.3 is 29.5 Å². The number of ether oxygens (including phenoxy) is 2. The highest BCUT2D eigenvalue weighted by Crippen LogP contribution is 2.35. The third kappa shape index (κ3) is 6.27. The number of para-hydroxylation sites is 2. The molecule has 35 heavy (non-hydrogen) atoms. The van der Waals surface area contributed by atoms with Crippen molar-refractivity contribution >= 4 is 23.3 Å². The zero-order valence-electron chi connectivity index (χ0n) is 20.7. The standard InChI is InChI=1S/C26H36N4O4S/c1-3-27-26(32)29(16-15-28-12-6-7-13-28)18-25(31)30-14-10-24-20(11-17-35-24)21(30)19-34-23-9-5-4-8-22(23)33-2/h4-5,8-9,11,17,21H,3,6-7,10,12-16,18-19H2,1-2H3,(H,27,32). The van der Waals surface area contributed by atoms with Crippen molar-refractivity contribution in [1.82, 2.24) is 20.0 Å². The van der Waals surface area contributed by atoms with E-state index in [9.17, 15) is 9.59 Å². The molecule has 1 atom stereocenters. The molecule has 1 saturated heterocycles. The molecule has 4 rings (SSSR count). The van der Waals surface area contributed by atoms with E-state index in [0.717, 1.165) is 31.6 Å². The first-order chi connectivity index (χ1) is 17.1. The predicted molar refractivity (Wildman–Crippen MR) is 137 cm³/mol. The zero-order valence-corrected chi connectivity index (χ0v) is 21.5. The van der Waals surface area contributed by atoms with Gasteiger partial charge in [-0.05, 0) is 68.4 Å². The van der Waals surface area contributed by atoms with Crippen LogP contribution in [0.4, 0.5) is 4.79 Å². The van der Waals surface area contributed by atoms with E-state index < -0.39 is 0 Å². The minimum absolute atomic E-state index is 0.0526. The number of nitrogens with one attached hydrogen (secondary N) is 1. The maximum Gasteiger partial charge on any atom is 0.317 e. The van der Waals surface area contributed by atoms with Gasteiger partial charge in [0.1, 0.15) is 13.2 Å². The minimum Gasteiger partial charge on any atom is -0.493 e. The quantitative estimate of drug-likeness (QED) is 0.541. The Labute approximate surface area is 211 Å². The molecule has 1 fully saturated rings. The molecule has 1 aromatic carbocycles. The molecule has 190 valence electrons. The molecule has 1 N–H and O–H groups in total. The third-order valence-electron chi connectivity index (χ3n) is 6.71. The van der Waals surface area contributed by atoms with Gasteiger partial charge in [0.2, 0.25) is 5.91 Å². The topological polar surface area (TPSA) is 74.4 Å². The van der Waals surface area contributed by atoms with Gasteiger partial charge in [-0.3, -0.25) is 4.79 Å². The number of nitrogens with zero attached hydrogens (tertiary/aromatic N) is 3. The number of carbonyl (C=O) groups excluding carboxylic acids is 2. The van der Waals surface area contributed by atoms with E-state index in [2.05, 4.69) is 21.7 Å². The Balaban J connectivity index is 1.47. The minimum atomic E-state index is -0.211. The first-order valence-electron chi connectivity index (χ1n) is 12.5. The lowest BCUT2D eigenvalue weighted by Crippen LogP contribution is -2.51. The highest BCUT2D eigenvalue weighted by molar-refractivity contribution is 7.10. The van der Waals surface area contributed by atoms with Gasteiger partial charge in [-0.25, -0.2) is 4.79 Å². The summed E-state index contributed by atoms with van der Waals surface area (Å²) in [5, 5.41) is 4.95. The molecule has 1 aromatic heterocycles. The fourth-order valence-electron chi connectivity index (χ4n) is 4.82. The van der Waals surface area contributed by atoms with Crippen LogP contribution in [0.5, 0.6) is 11.5 Å². The molecule has 0 bridgehead atoms. The Morgan fingerprint density at radius 1 is 1.14 bits per heavy atom. The maximum atomic E-state index is 13.6. The Hall–Kier alpha value is -2.78. The molecule has 0 saturated carbocycles. The van der Waals surface area contributed by atoms with Crippen LogP contribution in [0.15, 0.2) is 35.7 Å². The molecule has 8 nitrogen and oxygen atoms in total. The highest BCUT2D eigenvalue weighted by Gasteiger charge is 2.33. The summed E-state index contributed by atoms with van der Waals surface area (Å²) < 4.78 is 11.6. The summed E-state index contributed by atoms with van der Waals surface area (Å²) in [5.41, 5.74) is 1.13. The SMILES string of the molecule is CCNC(=O)N(CCN1CCCC1)CC(=O)N1CCc2sccc2C1COc1ccccc1OC. The smallest absolute Gasteiger partial charge is 0.317 e. The molecule has 3 heterocycles. The molecule has 2 aliphatic rings. The van der Waals surface area contributed by atoms with Crippen LogP contribution in [0.25, 0.3) is 0 Å². The number of fused-ring (bicyclic) bond motifs is 1. The number of thiophene rings is 1. The monoisotopic (exact) mass is 500 g/mol. The van der Waals surface area contributed by atoms with Gasteiger partial charge in [0.05, 0.1) is 13.2 Å². The number of likely N-dealkylation sites (tertiary alicyclic amines) is 1. The van der Waals surface area contributed by atoms with Crippen molar-refractivity contribution in [3.05, 3.63) is 46.2 Å². The summed E-state index contributed by atoms with van der Waals surface area (Å²) in [6.07, 6.45) is 3.22. The number of methoxy groups -OCH3 is 1. The van der Waals surface area contributed by atoms with Crippen LogP contribution in [0, 0.1) is 0 Å². The van der Waals surface area contributed by atoms with Gasteiger partial charge >= 0.3 is 6.03 Å². The van der Waals surface area contributed by atoms with Crippen LogP contribution in [-0.2, 0) is 11.2 Å². The van der Waals surface area contributed by atoms with Crippen molar-refractivity contribution in [3.8, 4) is 11.5 Å². The first kappa shape index (κ1) is 25.3. The van der Waals surface area contributed by atoms with Gasteiger partial charge in [0, 0.05) is 31.1 Å². The van der Waals surface area contributed by atoms with Gasteiger partial charge in [-0.2, -0.15) is 0 Å². The average molecular weight is 501 g/mol. The number of amides is 3. The second-order valence-electron chi connectivity index (χ2n) is 8.92. The zero-order chi connectivity index (χ0) is 24.6. The first-order valence-corrected chi connectivity index (χ1v) is 13.3. The molecule has 2 aromatic rings. The summed E-state index contributed by atoms with van der Waals surface area (Å²) in [7, 11) is 1.62. The lowest BCUT2D eigenvalue weighted by molar-refractivity contribution is -0.135.